The fraction of sp³-hybridized carbons (Fsp3) is 0.462. The predicted molar refractivity (Wildman–Crippen MR) is 75.1 cm³/mol. The molecule has 1 aromatic heterocycles. The number of rotatable bonds is 4. The number of hydrogen-bond acceptors (Lipinski definition) is 5. The van der Waals surface area contributed by atoms with E-state index in [9.17, 15) is 9.59 Å². The zero-order chi connectivity index (χ0) is 15.2. The molecule has 0 aromatic carbocycles. The van der Waals surface area contributed by atoms with Crippen molar-refractivity contribution in [2.45, 2.75) is 6.04 Å². The summed E-state index contributed by atoms with van der Waals surface area (Å²) in [5.74, 6) is -0.394. The Bertz CT molecular complexity index is 488. The molecule has 3 N–H and O–H groups in total. The van der Waals surface area contributed by atoms with Gasteiger partial charge in [0.25, 0.3) is 0 Å². The van der Waals surface area contributed by atoms with Crippen LogP contribution in [0.3, 0.4) is 0 Å². The molecule has 0 radical (unpaired) electrons. The summed E-state index contributed by atoms with van der Waals surface area (Å²) in [4.78, 5) is 30.5. The summed E-state index contributed by atoms with van der Waals surface area (Å²) in [7, 11) is 0. The molecule has 0 bridgehead atoms. The van der Waals surface area contributed by atoms with Gasteiger partial charge in [0.15, 0.2) is 6.04 Å². The maximum atomic E-state index is 11.9. The third-order valence-electron chi connectivity index (χ3n) is 3.32. The lowest BCUT2D eigenvalue weighted by atomic mass is 10.3. The Kier molecular flexibility index (Phi) is 4.94. The minimum atomic E-state index is -1.27. The number of nitrogens with zero attached hydrogens (tertiary/aromatic N) is 3. The summed E-state index contributed by atoms with van der Waals surface area (Å²) in [6, 6.07) is 3.90. The number of pyridine rings is 1. The first kappa shape index (κ1) is 15.0. The van der Waals surface area contributed by atoms with Gasteiger partial charge in [0.05, 0.1) is 6.61 Å². The number of carbonyl (C=O) groups excluding carboxylic acids is 1. The Balaban J connectivity index is 1.86. The number of carboxylic acid groups (broad SMARTS) is 1. The van der Waals surface area contributed by atoms with Crippen molar-refractivity contribution in [3.05, 3.63) is 24.4 Å². The molecule has 8 heteroatoms. The van der Waals surface area contributed by atoms with Crippen LogP contribution in [-0.2, 0) is 4.79 Å². The number of aliphatic hydroxyl groups is 1. The SMILES string of the molecule is O=C(O)C(CO)NC(=O)N1CCN(c2ccccn2)CC1. The Morgan fingerprint density at radius 1 is 1.29 bits per heavy atom. The normalized spacial score (nSPS) is 16.4. The van der Waals surface area contributed by atoms with E-state index in [1.807, 2.05) is 18.2 Å². The lowest BCUT2D eigenvalue weighted by Gasteiger charge is -2.35. The molecule has 114 valence electrons. The van der Waals surface area contributed by atoms with E-state index >= 15 is 0 Å². The van der Waals surface area contributed by atoms with Crippen LogP contribution in [0.4, 0.5) is 10.6 Å². The molecule has 2 rings (SSSR count). The van der Waals surface area contributed by atoms with Crippen molar-refractivity contribution in [3.63, 3.8) is 0 Å². The molecule has 1 atom stereocenters. The van der Waals surface area contributed by atoms with Gasteiger partial charge < -0.3 is 25.3 Å². The van der Waals surface area contributed by atoms with Crippen LogP contribution in [0, 0.1) is 0 Å². The van der Waals surface area contributed by atoms with Crippen molar-refractivity contribution in [2.75, 3.05) is 37.7 Å². The first-order valence-electron chi connectivity index (χ1n) is 6.67. The highest BCUT2D eigenvalue weighted by Gasteiger charge is 2.25. The van der Waals surface area contributed by atoms with E-state index in [1.54, 1.807) is 6.20 Å². The number of aliphatic carboxylic acids is 1. The second-order valence-electron chi connectivity index (χ2n) is 4.68. The summed E-state index contributed by atoms with van der Waals surface area (Å²) in [6.07, 6.45) is 1.72. The number of aliphatic hydroxyl groups excluding tert-OH is 1. The van der Waals surface area contributed by atoms with Crippen LogP contribution >= 0.6 is 0 Å². The number of amides is 2. The molecule has 21 heavy (non-hydrogen) atoms. The first-order chi connectivity index (χ1) is 10.1. The average molecular weight is 294 g/mol. The number of nitrogens with one attached hydrogen (secondary N) is 1. The van der Waals surface area contributed by atoms with Crippen molar-refractivity contribution in [2.24, 2.45) is 0 Å². The monoisotopic (exact) mass is 294 g/mol. The average Bonchev–Trinajstić information content (AvgIpc) is 2.53. The fourth-order valence-corrected chi connectivity index (χ4v) is 2.11. The third-order valence-corrected chi connectivity index (χ3v) is 3.32. The molecule has 1 saturated heterocycles. The minimum absolute atomic E-state index is 0.472. The predicted octanol–water partition coefficient (Wildman–Crippen LogP) is -0.641. The summed E-state index contributed by atoms with van der Waals surface area (Å²) in [6.45, 7) is 1.57. The van der Waals surface area contributed by atoms with Gasteiger partial charge in [0, 0.05) is 32.4 Å². The highest BCUT2D eigenvalue weighted by atomic mass is 16.4. The van der Waals surface area contributed by atoms with E-state index in [0.717, 1.165) is 5.82 Å². The lowest BCUT2D eigenvalue weighted by molar-refractivity contribution is -0.140. The van der Waals surface area contributed by atoms with Gasteiger partial charge in [0.2, 0.25) is 0 Å². The van der Waals surface area contributed by atoms with Crippen molar-refractivity contribution in [1.29, 1.82) is 0 Å². The molecule has 1 fully saturated rings. The van der Waals surface area contributed by atoms with Gasteiger partial charge in [-0.3, -0.25) is 0 Å². The zero-order valence-electron chi connectivity index (χ0n) is 11.5. The molecule has 1 aliphatic rings. The second-order valence-corrected chi connectivity index (χ2v) is 4.68. The molecule has 1 unspecified atom stereocenters. The van der Waals surface area contributed by atoms with Crippen LogP contribution in [-0.4, -0.2) is 70.9 Å². The zero-order valence-corrected chi connectivity index (χ0v) is 11.5. The Morgan fingerprint density at radius 3 is 2.52 bits per heavy atom. The third kappa shape index (κ3) is 3.82. The molecular formula is C13H18N4O4. The van der Waals surface area contributed by atoms with Crippen LogP contribution in [0.15, 0.2) is 24.4 Å². The molecule has 0 spiro atoms. The van der Waals surface area contributed by atoms with Crippen LogP contribution in [0.5, 0.6) is 0 Å². The molecule has 2 heterocycles. The van der Waals surface area contributed by atoms with E-state index in [0.29, 0.717) is 26.2 Å². The fourth-order valence-electron chi connectivity index (χ4n) is 2.11. The van der Waals surface area contributed by atoms with E-state index in [1.165, 1.54) is 4.90 Å². The standard InChI is InChI=1S/C13H18N4O4/c18-9-10(12(19)20)15-13(21)17-7-5-16(6-8-17)11-3-1-2-4-14-11/h1-4,10,18H,5-9H2,(H,15,21)(H,19,20). The first-order valence-corrected chi connectivity index (χ1v) is 6.67. The van der Waals surface area contributed by atoms with Crippen molar-refractivity contribution in [3.8, 4) is 0 Å². The summed E-state index contributed by atoms with van der Waals surface area (Å²) in [5, 5.41) is 20.0. The van der Waals surface area contributed by atoms with Crippen LogP contribution in [0.2, 0.25) is 0 Å². The largest absolute Gasteiger partial charge is 0.480 e. The quantitative estimate of drug-likeness (QED) is 0.682. The molecule has 8 nitrogen and oxygen atoms in total. The van der Waals surface area contributed by atoms with E-state index in [4.69, 9.17) is 10.2 Å². The topological polar surface area (TPSA) is 106 Å². The molecule has 1 aliphatic heterocycles. The maximum absolute atomic E-state index is 11.9. The number of urea groups is 1. The highest BCUT2D eigenvalue weighted by Crippen LogP contribution is 2.12. The highest BCUT2D eigenvalue weighted by molar-refractivity contribution is 5.82. The van der Waals surface area contributed by atoms with Crippen molar-refractivity contribution >= 4 is 17.8 Å². The van der Waals surface area contributed by atoms with Crippen LogP contribution in [0.1, 0.15) is 0 Å². The number of carbonyl (C=O) groups is 2. The molecular weight excluding hydrogens is 276 g/mol. The Hall–Kier alpha value is -2.35. The van der Waals surface area contributed by atoms with Gasteiger partial charge in [-0.05, 0) is 12.1 Å². The molecule has 1 aromatic rings. The van der Waals surface area contributed by atoms with Gasteiger partial charge in [-0.2, -0.15) is 0 Å². The van der Waals surface area contributed by atoms with Gasteiger partial charge >= 0.3 is 12.0 Å². The number of hydrogen-bond donors (Lipinski definition) is 3. The van der Waals surface area contributed by atoms with E-state index in [2.05, 4.69) is 15.2 Å². The van der Waals surface area contributed by atoms with Gasteiger partial charge in [-0.15, -0.1) is 0 Å². The van der Waals surface area contributed by atoms with Crippen molar-refractivity contribution < 1.29 is 19.8 Å². The Labute approximate surface area is 122 Å². The van der Waals surface area contributed by atoms with Crippen molar-refractivity contribution in [1.82, 2.24) is 15.2 Å². The Morgan fingerprint density at radius 2 is 2.00 bits per heavy atom. The number of piperazine rings is 1. The molecule has 0 aliphatic carbocycles. The molecule has 2 amide bonds. The lowest BCUT2D eigenvalue weighted by Crippen LogP contribution is -2.55. The van der Waals surface area contributed by atoms with Gasteiger partial charge in [0.1, 0.15) is 5.82 Å². The molecule has 0 saturated carbocycles. The van der Waals surface area contributed by atoms with E-state index < -0.39 is 24.6 Å². The maximum Gasteiger partial charge on any atom is 0.328 e. The van der Waals surface area contributed by atoms with E-state index in [-0.39, 0.29) is 0 Å². The second kappa shape index (κ2) is 6.89. The van der Waals surface area contributed by atoms with Gasteiger partial charge in [-0.25, -0.2) is 14.6 Å². The van der Waals surface area contributed by atoms with Crippen LogP contribution in [0.25, 0.3) is 0 Å². The summed E-state index contributed by atoms with van der Waals surface area (Å²) < 4.78 is 0. The smallest absolute Gasteiger partial charge is 0.328 e. The van der Waals surface area contributed by atoms with Gasteiger partial charge in [-0.1, -0.05) is 6.07 Å². The number of aromatic nitrogens is 1. The number of carboxylic acids is 1. The summed E-state index contributed by atoms with van der Waals surface area (Å²) >= 11 is 0. The van der Waals surface area contributed by atoms with Crippen LogP contribution < -0.4 is 10.2 Å². The summed E-state index contributed by atoms with van der Waals surface area (Å²) in [5.41, 5.74) is 0. The number of anilines is 1. The minimum Gasteiger partial charge on any atom is -0.480 e.